The monoisotopic (exact) mass is 198 g/mol. The van der Waals surface area contributed by atoms with Gasteiger partial charge < -0.3 is 15.4 Å². The fraction of sp³-hybridized carbons (Fsp3) is 0.909. The van der Waals surface area contributed by atoms with Gasteiger partial charge in [0.2, 0.25) is 0 Å². The molecule has 0 aliphatic carbocycles. The van der Waals surface area contributed by atoms with Gasteiger partial charge in [-0.1, -0.05) is 0 Å². The minimum atomic E-state index is 0.311. The number of ketones is 1. The molecule has 3 nitrogen and oxygen atoms in total. The fourth-order valence-electron chi connectivity index (χ4n) is 2.02. The van der Waals surface area contributed by atoms with Crippen LogP contribution in [-0.2, 0) is 4.79 Å². The molecule has 2 N–H and O–H groups in total. The Kier molecular flexibility index (Phi) is 5.12. The zero-order chi connectivity index (χ0) is 10.4. The van der Waals surface area contributed by atoms with Crippen molar-refractivity contribution in [2.45, 2.75) is 32.6 Å². The van der Waals surface area contributed by atoms with Crippen LogP contribution in [-0.4, -0.2) is 36.9 Å². The van der Waals surface area contributed by atoms with Crippen molar-refractivity contribution in [1.82, 2.24) is 4.90 Å². The summed E-state index contributed by atoms with van der Waals surface area (Å²) in [7, 11) is 0. The first-order valence-electron chi connectivity index (χ1n) is 5.64. The van der Waals surface area contributed by atoms with E-state index in [1.54, 1.807) is 6.92 Å². The van der Waals surface area contributed by atoms with Gasteiger partial charge in [-0.05, 0) is 51.7 Å². The minimum Gasteiger partial charge on any atom is -0.330 e. The summed E-state index contributed by atoms with van der Waals surface area (Å²) < 4.78 is 0. The summed E-state index contributed by atoms with van der Waals surface area (Å²) in [6, 6.07) is 0. The van der Waals surface area contributed by atoms with Crippen LogP contribution in [0.15, 0.2) is 0 Å². The summed E-state index contributed by atoms with van der Waals surface area (Å²) in [4.78, 5) is 13.2. The van der Waals surface area contributed by atoms with Gasteiger partial charge in [0.05, 0.1) is 0 Å². The lowest BCUT2D eigenvalue weighted by Gasteiger charge is -2.14. The molecule has 1 fully saturated rings. The Morgan fingerprint density at radius 2 is 2.29 bits per heavy atom. The highest BCUT2D eigenvalue weighted by molar-refractivity contribution is 5.75. The molecule has 1 aliphatic rings. The van der Waals surface area contributed by atoms with E-state index < -0.39 is 0 Å². The number of unbranched alkanes of at least 4 members (excludes halogenated alkanes) is 1. The molecule has 0 radical (unpaired) electrons. The van der Waals surface area contributed by atoms with Gasteiger partial charge in [0.25, 0.3) is 0 Å². The van der Waals surface area contributed by atoms with Crippen LogP contribution < -0.4 is 5.73 Å². The average Bonchev–Trinajstić information content (AvgIpc) is 2.60. The molecule has 0 saturated carbocycles. The largest absolute Gasteiger partial charge is 0.330 e. The van der Waals surface area contributed by atoms with Crippen LogP contribution >= 0.6 is 0 Å². The number of carbonyl (C=O) groups is 1. The molecule has 0 amide bonds. The summed E-state index contributed by atoms with van der Waals surface area (Å²) in [6.45, 7) is 5.99. The first-order chi connectivity index (χ1) is 6.72. The lowest BCUT2D eigenvalue weighted by atomic mass is 10.1. The first-order valence-corrected chi connectivity index (χ1v) is 5.64. The number of hydrogen-bond donors (Lipinski definition) is 1. The van der Waals surface area contributed by atoms with Crippen LogP contribution in [0, 0.1) is 5.92 Å². The van der Waals surface area contributed by atoms with E-state index in [9.17, 15) is 4.79 Å². The molecule has 0 aromatic heterocycles. The number of hydrogen-bond acceptors (Lipinski definition) is 3. The maximum atomic E-state index is 10.7. The number of rotatable bonds is 6. The molecule has 1 unspecified atom stereocenters. The van der Waals surface area contributed by atoms with Crippen LogP contribution in [0.4, 0.5) is 0 Å². The van der Waals surface area contributed by atoms with Gasteiger partial charge in [0.15, 0.2) is 0 Å². The molecule has 0 aromatic rings. The van der Waals surface area contributed by atoms with E-state index >= 15 is 0 Å². The van der Waals surface area contributed by atoms with Gasteiger partial charge in [-0.3, -0.25) is 0 Å². The average molecular weight is 198 g/mol. The van der Waals surface area contributed by atoms with E-state index in [0.29, 0.717) is 11.7 Å². The quantitative estimate of drug-likeness (QED) is 0.648. The van der Waals surface area contributed by atoms with Gasteiger partial charge in [-0.2, -0.15) is 0 Å². The highest BCUT2D eigenvalue weighted by atomic mass is 16.1. The molecule has 1 atom stereocenters. The van der Waals surface area contributed by atoms with Gasteiger partial charge >= 0.3 is 0 Å². The zero-order valence-corrected chi connectivity index (χ0v) is 9.17. The minimum absolute atomic E-state index is 0.311. The Morgan fingerprint density at radius 1 is 1.50 bits per heavy atom. The Bertz CT molecular complexity index is 182. The molecule has 3 heteroatoms. The maximum absolute atomic E-state index is 10.7. The van der Waals surface area contributed by atoms with Crippen LogP contribution in [0.5, 0.6) is 0 Å². The number of nitrogens with zero attached hydrogens (tertiary/aromatic N) is 1. The predicted molar refractivity (Wildman–Crippen MR) is 58.1 cm³/mol. The van der Waals surface area contributed by atoms with Gasteiger partial charge in [-0.25, -0.2) is 0 Å². The van der Waals surface area contributed by atoms with E-state index in [1.165, 1.54) is 13.0 Å². The lowest BCUT2D eigenvalue weighted by Crippen LogP contribution is -2.24. The summed E-state index contributed by atoms with van der Waals surface area (Å²) in [5.74, 6) is 1.02. The van der Waals surface area contributed by atoms with Crippen molar-refractivity contribution < 1.29 is 4.79 Å². The molecule has 0 aromatic carbocycles. The van der Waals surface area contributed by atoms with Crippen LogP contribution in [0.25, 0.3) is 0 Å². The third-order valence-corrected chi connectivity index (χ3v) is 2.96. The van der Waals surface area contributed by atoms with Gasteiger partial charge in [-0.15, -0.1) is 0 Å². The van der Waals surface area contributed by atoms with Crippen molar-refractivity contribution in [2.75, 3.05) is 26.2 Å². The lowest BCUT2D eigenvalue weighted by molar-refractivity contribution is -0.117. The number of Topliss-reactive ketones (excluding diaryl/α,β-unsaturated/α-hetero) is 1. The van der Waals surface area contributed by atoms with E-state index in [2.05, 4.69) is 4.90 Å². The second kappa shape index (κ2) is 6.14. The molecular weight excluding hydrogens is 176 g/mol. The van der Waals surface area contributed by atoms with Crippen molar-refractivity contribution in [3.63, 3.8) is 0 Å². The Hall–Kier alpha value is -0.410. The smallest absolute Gasteiger partial charge is 0.129 e. The van der Waals surface area contributed by atoms with Crippen molar-refractivity contribution in [3.05, 3.63) is 0 Å². The highest BCUT2D eigenvalue weighted by Gasteiger charge is 2.20. The van der Waals surface area contributed by atoms with Crippen LogP contribution in [0.3, 0.4) is 0 Å². The van der Waals surface area contributed by atoms with Crippen molar-refractivity contribution in [1.29, 1.82) is 0 Å². The Balaban J connectivity index is 2.00. The summed E-state index contributed by atoms with van der Waals surface area (Å²) in [6.07, 6.45) is 4.19. The van der Waals surface area contributed by atoms with Gasteiger partial charge in [0, 0.05) is 13.0 Å². The molecule has 82 valence electrons. The second-order valence-electron chi connectivity index (χ2n) is 4.35. The molecule has 0 bridgehead atoms. The molecule has 0 spiro atoms. The molecule has 1 rings (SSSR count). The maximum Gasteiger partial charge on any atom is 0.129 e. The third kappa shape index (κ3) is 4.20. The van der Waals surface area contributed by atoms with E-state index in [4.69, 9.17) is 5.73 Å². The predicted octanol–water partition coefficient (Wildman–Crippen LogP) is 1.03. The van der Waals surface area contributed by atoms with E-state index in [-0.39, 0.29) is 0 Å². The van der Waals surface area contributed by atoms with Crippen LogP contribution in [0.1, 0.15) is 32.6 Å². The Labute approximate surface area is 86.6 Å². The van der Waals surface area contributed by atoms with Crippen molar-refractivity contribution in [3.8, 4) is 0 Å². The SMILES string of the molecule is CC(=O)CCCCN1CCC(CN)C1. The van der Waals surface area contributed by atoms with E-state index in [1.807, 2.05) is 0 Å². The van der Waals surface area contributed by atoms with Crippen molar-refractivity contribution >= 4 is 5.78 Å². The number of likely N-dealkylation sites (tertiary alicyclic amines) is 1. The zero-order valence-electron chi connectivity index (χ0n) is 9.17. The number of carbonyl (C=O) groups excluding carboxylic acids is 1. The summed E-state index contributed by atoms with van der Waals surface area (Å²) >= 11 is 0. The summed E-state index contributed by atoms with van der Waals surface area (Å²) in [5.41, 5.74) is 5.62. The van der Waals surface area contributed by atoms with Crippen molar-refractivity contribution in [2.24, 2.45) is 11.7 Å². The highest BCUT2D eigenvalue weighted by Crippen LogP contribution is 2.15. The summed E-state index contributed by atoms with van der Waals surface area (Å²) in [5, 5.41) is 0. The normalized spacial score (nSPS) is 22.9. The first kappa shape index (κ1) is 11.7. The number of nitrogens with two attached hydrogens (primary N) is 1. The Morgan fingerprint density at radius 3 is 2.86 bits per heavy atom. The third-order valence-electron chi connectivity index (χ3n) is 2.96. The van der Waals surface area contributed by atoms with Crippen LogP contribution in [0.2, 0.25) is 0 Å². The molecular formula is C11H22N2O. The molecule has 1 aliphatic heterocycles. The molecule has 1 heterocycles. The van der Waals surface area contributed by atoms with Gasteiger partial charge in [0.1, 0.15) is 5.78 Å². The van der Waals surface area contributed by atoms with E-state index in [0.717, 1.165) is 38.9 Å². The molecule has 1 saturated heterocycles. The molecule has 14 heavy (non-hydrogen) atoms. The second-order valence-corrected chi connectivity index (χ2v) is 4.35. The standard InChI is InChI=1S/C11H22N2O/c1-10(14)4-2-3-6-13-7-5-11(8-12)9-13/h11H,2-9,12H2,1H3. The fourth-order valence-corrected chi connectivity index (χ4v) is 2.02. The topological polar surface area (TPSA) is 46.3 Å².